The summed E-state index contributed by atoms with van der Waals surface area (Å²) in [5, 5.41) is 9.24. The molecule has 0 aromatic heterocycles. The van der Waals surface area contributed by atoms with Crippen molar-refractivity contribution >= 4 is 0 Å². The standard InChI is InChI=1S/C12H18O2/c1-10(11(2)13)8-14-9-12-6-4-3-5-7-12/h3-7,10-11,13H,8-9H2,1-2H3/t10-,11-/m0/s1. The molecule has 0 heterocycles. The van der Waals surface area contributed by atoms with E-state index in [4.69, 9.17) is 4.74 Å². The summed E-state index contributed by atoms with van der Waals surface area (Å²) in [7, 11) is 0. The average molecular weight is 194 g/mol. The summed E-state index contributed by atoms with van der Waals surface area (Å²) in [6, 6.07) is 10.1. The molecule has 2 nitrogen and oxygen atoms in total. The lowest BCUT2D eigenvalue weighted by Gasteiger charge is -2.14. The number of benzene rings is 1. The lowest BCUT2D eigenvalue weighted by Crippen LogP contribution is -2.18. The van der Waals surface area contributed by atoms with E-state index in [1.54, 1.807) is 6.92 Å². The normalized spacial score (nSPS) is 15.1. The summed E-state index contributed by atoms with van der Waals surface area (Å²) < 4.78 is 5.48. The van der Waals surface area contributed by atoms with Crippen LogP contribution in [0.25, 0.3) is 0 Å². The summed E-state index contributed by atoms with van der Waals surface area (Å²) in [6.07, 6.45) is -0.300. The Morgan fingerprint density at radius 1 is 1.21 bits per heavy atom. The SMILES string of the molecule is C[C@H](O)[C@@H](C)COCc1ccccc1. The fraction of sp³-hybridized carbons (Fsp3) is 0.500. The minimum absolute atomic E-state index is 0.193. The van der Waals surface area contributed by atoms with Gasteiger partial charge in [0, 0.05) is 5.92 Å². The van der Waals surface area contributed by atoms with Crippen molar-refractivity contribution < 1.29 is 9.84 Å². The van der Waals surface area contributed by atoms with Crippen LogP contribution in [0.2, 0.25) is 0 Å². The predicted octanol–water partition coefficient (Wildman–Crippen LogP) is 2.22. The first-order valence-corrected chi connectivity index (χ1v) is 5.00. The molecule has 1 aromatic carbocycles. The molecule has 0 radical (unpaired) electrons. The molecule has 1 rings (SSSR count). The molecule has 1 aromatic rings. The van der Waals surface area contributed by atoms with Gasteiger partial charge < -0.3 is 9.84 Å². The molecule has 0 unspecified atom stereocenters. The van der Waals surface area contributed by atoms with Crippen molar-refractivity contribution in [3.8, 4) is 0 Å². The number of aliphatic hydroxyl groups excluding tert-OH is 1. The van der Waals surface area contributed by atoms with Gasteiger partial charge in [0.2, 0.25) is 0 Å². The highest BCUT2D eigenvalue weighted by molar-refractivity contribution is 5.13. The highest BCUT2D eigenvalue weighted by Crippen LogP contribution is 2.05. The van der Waals surface area contributed by atoms with Gasteiger partial charge in [-0.05, 0) is 12.5 Å². The Kier molecular flexibility index (Phi) is 4.63. The smallest absolute Gasteiger partial charge is 0.0717 e. The molecule has 2 heteroatoms. The van der Waals surface area contributed by atoms with Crippen LogP contribution in [-0.4, -0.2) is 17.8 Å². The molecule has 1 N–H and O–H groups in total. The van der Waals surface area contributed by atoms with Crippen molar-refractivity contribution in [2.75, 3.05) is 6.61 Å². The zero-order valence-corrected chi connectivity index (χ0v) is 8.81. The predicted molar refractivity (Wildman–Crippen MR) is 56.9 cm³/mol. The van der Waals surface area contributed by atoms with E-state index in [0.717, 1.165) is 0 Å². The highest BCUT2D eigenvalue weighted by atomic mass is 16.5. The van der Waals surface area contributed by atoms with Gasteiger partial charge in [0.05, 0.1) is 19.3 Å². The maximum atomic E-state index is 9.24. The zero-order chi connectivity index (χ0) is 10.4. The number of ether oxygens (including phenoxy) is 1. The van der Waals surface area contributed by atoms with Crippen LogP contribution in [0.15, 0.2) is 30.3 Å². The lowest BCUT2D eigenvalue weighted by molar-refractivity contribution is 0.0367. The van der Waals surface area contributed by atoms with Gasteiger partial charge in [-0.1, -0.05) is 37.3 Å². The second-order valence-corrected chi connectivity index (χ2v) is 3.72. The molecule has 0 aliphatic heterocycles. The average Bonchev–Trinajstić information content (AvgIpc) is 2.19. The fourth-order valence-corrected chi connectivity index (χ4v) is 1.08. The van der Waals surface area contributed by atoms with Crippen molar-refractivity contribution in [3.63, 3.8) is 0 Å². The van der Waals surface area contributed by atoms with Crippen LogP contribution in [0.1, 0.15) is 19.4 Å². The first kappa shape index (κ1) is 11.2. The zero-order valence-electron chi connectivity index (χ0n) is 8.81. The van der Waals surface area contributed by atoms with Crippen LogP contribution in [0.4, 0.5) is 0 Å². The monoisotopic (exact) mass is 194 g/mol. The molecule has 78 valence electrons. The van der Waals surface area contributed by atoms with Crippen LogP contribution < -0.4 is 0 Å². The van der Waals surface area contributed by atoms with E-state index >= 15 is 0 Å². The molecule has 14 heavy (non-hydrogen) atoms. The topological polar surface area (TPSA) is 29.5 Å². The van der Waals surface area contributed by atoms with Crippen molar-refractivity contribution in [1.29, 1.82) is 0 Å². The number of rotatable bonds is 5. The van der Waals surface area contributed by atoms with Gasteiger partial charge in [-0.15, -0.1) is 0 Å². The Bertz CT molecular complexity index is 244. The fourth-order valence-electron chi connectivity index (χ4n) is 1.08. The van der Waals surface area contributed by atoms with E-state index in [-0.39, 0.29) is 12.0 Å². The van der Waals surface area contributed by atoms with E-state index in [1.807, 2.05) is 37.3 Å². The Morgan fingerprint density at radius 3 is 2.43 bits per heavy atom. The quantitative estimate of drug-likeness (QED) is 0.778. The van der Waals surface area contributed by atoms with E-state index in [2.05, 4.69) is 0 Å². The number of aliphatic hydroxyl groups is 1. The minimum atomic E-state index is -0.300. The van der Waals surface area contributed by atoms with Crippen LogP contribution in [-0.2, 0) is 11.3 Å². The van der Waals surface area contributed by atoms with E-state index < -0.39 is 0 Å². The Morgan fingerprint density at radius 2 is 1.86 bits per heavy atom. The Labute approximate surface area is 85.5 Å². The third-order valence-corrected chi connectivity index (χ3v) is 2.32. The molecule has 2 atom stereocenters. The summed E-state index contributed by atoms with van der Waals surface area (Å²) >= 11 is 0. The molecule has 0 saturated carbocycles. The van der Waals surface area contributed by atoms with E-state index in [9.17, 15) is 5.11 Å². The summed E-state index contributed by atoms with van der Waals surface area (Å²) in [5.74, 6) is 0.193. The lowest BCUT2D eigenvalue weighted by atomic mass is 10.1. The van der Waals surface area contributed by atoms with Gasteiger partial charge in [-0.25, -0.2) is 0 Å². The van der Waals surface area contributed by atoms with Crippen LogP contribution in [0, 0.1) is 5.92 Å². The highest BCUT2D eigenvalue weighted by Gasteiger charge is 2.08. The van der Waals surface area contributed by atoms with Gasteiger partial charge in [-0.2, -0.15) is 0 Å². The molecular formula is C12H18O2. The summed E-state index contributed by atoms with van der Waals surface area (Å²) in [5.41, 5.74) is 1.17. The number of hydrogen-bond donors (Lipinski definition) is 1. The van der Waals surface area contributed by atoms with Gasteiger partial charge in [-0.3, -0.25) is 0 Å². The molecule has 0 fully saturated rings. The molecule has 0 amide bonds. The summed E-state index contributed by atoms with van der Waals surface area (Å²) in [4.78, 5) is 0. The van der Waals surface area contributed by atoms with Crippen LogP contribution >= 0.6 is 0 Å². The maximum Gasteiger partial charge on any atom is 0.0717 e. The van der Waals surface area contributed by atoms with Crippen LogP contribution in [0.3, 0.4) is 0 Å². The molecule has 0 bridgehead atoms. The first-order chi connectivity index (χ1) is 6.70. The first-order valence-electron chi connectivity index (χ1n) is 5.00. The molecule has 0 saturated heterocycles. The molecule has 0 aliphatic carbocycles. The molecule has 0 aliphatic rings. The van der Waals surface area contributed by atoms with E-state index in [1.165, 1.54) is 5.56 Å². The van der Waals surface area contributed by atoms with Gasteiger partial charge >= 0.3 is 0 Å². The minimum Gasteiger partial charge on any atom is -0.393 e. The third kappa shape index (κ3) is 3.90. The molecule has 0 spiro atoms. The van der Waals surface area contributed by atoms with Crippen molar-refractivity contribution in [2.24, 2.45) is 5.92 Å². The van der Waals surface area contributed by atoms with Gasteiger partial charge in [0.25, 0.3) is 0 Å². The largest absolute Gasteiger partial charge is 0.393 e. The van der Waals surface area contributed by atoms with Crippen molar-refractivity contribution in [3.05, 3.63) is 35.9 Å². The van der Waals surface area contributed by atoms with Crippen molar-refractivity contribution in [2.45, 2.75) is 26.6 Å². The van der Waals surface area contributed by atoms with Gasteiger partial charge in [0.1, 0.15) is 0 Å². The second-order valence-electron chi connectivity index (χ2n) is 3.72. The van der Waals surface area contributed by atoms with Crippen LogP contribution in [0.5, 0.6) is 0 Å². The van der Waals surface area contributed by atoms with Crippen molar-refractivity contribution in [1.82, 2.24) is 0 Å². The second kappa shape index (κ2) is 5.78. The van der Waals surface area contributed by atoms with E-state index in [0.29, 0.717) is 13.2 Å². The Balaban J connectivity index is 2.22. The third-order valence-electron chi connectivity index (χ3n) is 2.32. The summed E-state index contributed by atoms with van der Waals surface area (Å²) in [6.45, 7) is 5.00. The molecular weight excluding hydrogens is 176 g/mol. The Hall–Kier alpha value is -0.860. The van der Waals surface area contributed by atoms with Gasteiger partial charge in [0.15, 0.2) is 0 Å². The number of hydrogen-bond acceptors (Lipinski definition) is 2. The maximum absolute atomic E-state index is 9.24.